The molecular weight excluding hydrogens is 384 g/mol. The number of amides is 2. The van der Waals surface area contributed by atoms with Crippen molar-refractivity contribution in [1.29, 1.82) is 0 Å². The number of ether oxygens (including phenoxy) is 2. The van der Waals surface area contributed by atoms with E-state index in [2.05, 4.69) is 10.3 Å². The summed E-state index contributed by atoms with van der Waals surface area (Å²) in [4.78, 5) is 30.3. The lowest BCUT2D eigenvalue weighted by atomic mass is 10.0. The summed E-state index contributed by atoms with van der Waals surface area (Å²) in [6, 6.07) is 6.32. The average Bonchev–Trinajstić information content (AvgIpc) is 3.14. The number of nitrogens with zero attached hydrogens (tertiary/aromatic N) is 2. The highest BCUT2D eigenvalue weighted by Gasteiger charge is 2.32. The quantitative estimate of drug-likeness (QED) is 0.638. The van der Waals surface area contributed by atoms with Gasteiger partial charge in [0.1, 0.15) is 17.2 Å². The Balaban J connectivity index is 1.54. The Morgan fingerprint density at radius 2 is 2.21 bits per heavy atom. The number of carbonyl (C=O) groups excluding carboxylic acids is 2. The van der Waals surface area contributed by atoms with E-state index >= 15 is 0 Å². The van der Waals surface area contributed by atoms with Crippen LogP contribution in [-0.4, -0.2) is 65.8 Å². The Morgan fingerprint density at radius 3 is 2.93 bits per heavy atom. The lowest BCUT2D eigenvalue weighted by molar-refractivity contribution is -0.125. The molecule has 9 nitrogen and oxygen atoms in total. The van der Waals surface area contributed by atoms with Crippen LogP contribution in [0.4, 0.5) is 5.13 Å². The van der Waals surface area contributed by atoms with Gasteiger partial charge in [0.15, 0.2) is 11.7 Å². The SMILES string of the molecule is COc1cccc(OCC(=O)N[C@@H]2CN(C(=O)c3csc(N)n3)CC[C@@H]2O)c1. The van der Waals surface area contributed by atoms with Crippen LogP contribution in [0, 0.1) is 0 Å². The summed E-state index contributed by atoms with van der Waals surface area (Å²) >= 11 is 1.19. The largest absolute Gasteiger partial charge is 0.497 e. The van der Waals surface area contributed by atoms with Crippen molar-refractivity contribution < 1.29 is 24.2 Å². The number of piperidine rings is 1. The molecule has 150 valence electrons. The maximum atomic E-state index is 12.5. The van der Waals surface area contributed by atoms with Gasteiger partial charge >= 0.3 is 0 Å². The molecule has 0 aliphatic carbocycles. The summed E-state index contributed by atoms with van der Waals surface area (Å²) in [5, 5.41) is 14.8. The predicted octanol–water partition coefficient (Wildman–Crippen LogP) is 0.504. The second kappa shape index (κ2) is 8.89. The molecule has 1 fully saturated rings. The lowest BCUT2D eigenvalue weighted by Gasteiger charge is -2.36. The fraction of sp³-hybridized carbons (Fsp3) is 0.389. The van der Waals surface area contributed by atoms with Gasteiger partial charge in [-0.1, -0.05) is 6.07 Å². The first-order valence-electron chi connectivity index (χ1n) is 8.71. The molecule has 0 bridgehead atoms. The molecule has 3 rings (SSSR count). The first-order valence-corrected chi connectivity index (χ1v) is 9.59. The molecule has 2 atom stereocenters. The van der Waals surface area contributed by atoms with Crippen LogP contribution in [0.25, 0.3) is 0 Å². The standard InChI is InChI=1S/C18H22N4O5S/c1-26-11-3-2-4-12(7-11)27-9-16(24)20-13-8-22(6-5-15(13)23)17(25)14-10-28-18(19)21-14/h2-4,7,10,13,15,23H,5-6,8-9H2,1H3,(H2,19,21)(H,20,24)/t13-,15+/m1/s1. The van der Waals surface area contributed by atoms with Crippen molar-refractivity contribution in [3.63, 3.8) is 0 Å². The van der Waals surface area contributed by atoms with Gasteiger partial charge in [0.25, 0.3) is 11.8 Å². The molecule has 4 N–H and O–H groups in total. The number of aliphatic hydroxyl groups excluding tert-OH is 1. The lowest BCUT2D eigenvalue weighted by Crippen LogP contribution is -2.57. The van der Waals surface area contributed by atoms with Gasteiger partial charge in [-0.15, -0.1) is 11.3 Å². The van der Waals surface area contributed by atoms with Gasteiger partial charge in [-0.3, -0.25) is 9.59 Å². The molecular formula is C18H22N4O5S. The number of anilines is 1. The minimum absolute atomic E-state index is 0.183. The van der Waals surface area contributed by atoms with Gasteiger partial charge in [-0.2, -0.15) is 0 Å². The van der Waals surface area contributed by atoms with Crippen molar-refractivity contribution in [2.24, 2.45) is 0 Å². The number of nitrogens with two attached hydrogens (primary N) is 1. The van der Waals surface area contributed by atoms with E-state index in [4.69, 9.17) is 15.2 Å². The molecule has 1 saturated heterocycles. The second-order valence-electron chi connectivity index (χ2n) is 6.32. The number of aromatic nitrogens is 1. The number of benzene rings is 1. The van der Waals surface area contributed by atoms with Crippen LogP contribution in [0.3, 0.4) is 0 Å². The molecule has 10 heteroatoms. The highest BCUT2D eigenvalue weighted by molar-refractivity contribution is 7.13. The smallest absolute Gasteiger partial charge is 0.273 e. The summed E-state index contributed by atoms with van der Waals surface area (Å²) in [6.07, 6.45) is -0.391. The molecule has 0 unspecified atom stereocenters. The summed E-state index contributed by atoms with van der Waals surface area (Å²) in [7, 11) is 1.54. The van der Waals surface area contributed by atoms with E-state index in [-0.39, 0.29) is 30.7 Å². The predicted molar refractivity (Wildman–Crippen MR) is 103 cm³/mol. The first kappa shape index (κ1) is 19.9. The summed E-state index contributed by atoms with van der Waals surface area (Å²) < 4.78 is 10.6. The number of hydrogen-bond acceptors (Lipinski definition) is 8. The number of methoxy groups -OCH3 is 1. The van der Waals surface area contributed by atoms with Crippen molar-refractivity contribution >= 4 is 28.3 Å². The number of carbonyl (C=O) groups is 2. The Kier molecular flexibility index (Phi) is 6.32. The molecule has 2 heterocycles. The molecule has 2 amide bonds. The molecule has 1 aromatic heterocycles. The van der Waals surface area contributed by atoms with Gasteiger partial charge in [0, 0.05) is 24.5 Å². The van der Waals surface area contributed by atoms with Crippen molar-refractivity contribution in [1.82, 2.24) is 15.2 Å². The summed E-state index contributed by atoms with van der Waals surface area (Å²) in [5.41, 5.74) is 5.85. The van der Waals surface area contributed by atoms with Gasteiger partial charge < -0.3 is 30.5 Å². The van der Waals surface area contributed by atoms with Crippen molar-refractivity contribution in [2.75, 3.05) is 32.5 Å². The Morgan fingerprint density at radius 1 is 1.43 bits per heavy atom. The van der Waals surface area contributed by atoms with Crippen LogP contribution >= 0.6 is 11.3 Å². The van der Waals surface area contributed by atoms with E-state index < -0.39 is 12.1 Å². The van der Waals surface area contributed by atoms with E-state index in [0.717, 1.165) is 0 Å². The number of rotatable bonds is 6. The van der Waals surface area contributed by atoms with Crippen LogP contribution in [0.5, 0.6) is 11.5 Å². The maximum Gasteiger partial charge on any atom is 0.273 e. The highest BCUT2D eigenvalue weighted by atomic mass is 32.1. The van der Waals surface area contributed by atoms with Crippen LogP contribution in [0.1, 0.15) is 16.9 Å². The zero-order chi connectivity index (χ0) is 20.1. The van der Waals surface area contributed by atoms with E-state index in [1.807, 2.05) is 0 Å². The van der Waals surface area contributed by atoms with Gasteiger partial charge in [0.2, 0.25) is 0 Å². The Bertz CT molecular complexity index is 843. The van der Waals surface area contributed by atoms with E-state index in [1.165, 1.54) is 11.3 Å². The number of likely N-dealkylation sites (tertiary alicyclic amines) is 1. The molecule has 2 aromatic rings. The first-order chi connectivity index (χ1) is 13.5. The maximum absolute atomic E-state index is 12.5. The fourth-order valence-corrected chi connectivity index (χ4v) is 3.44. The number of hydrogen-bond donors (Lipinski definition) is 3. The van der Waals surface area contributed by atoms with Crippen LogP contribution in [0.15, 0.2) is 29.6 Å². The molecule has 1 aliphatic rings. The fourth-order valence-electron chi connectivity index (χ4n) is 2.90. The van der Waals surface area contributed by atoms with E-state index in [0.29, 0.717) is 29.6 Å². The Labute approximate surface area is 166 Å². The number of nitrogen functional groups attached to an aromatic ring is 1. The molecule has 28 heavy (non-hydrogen) atoms. The number of thiazole rings is 1. The minimum atomic E-state index is -0.745. The molecule has 0 radical (unpaired) electrons. The third kappa shape index (κ3) is 4.90. The van der Waals surface area contributed by atoms with Crippen molar-refractivity contribution in [2.45, 2.75) is 18.6 Å². The van der Waals surface area contributed by atoms with Crippen molar-refractivity contribution in [3.8, 4) is 11.5 Å². The third-order valence-electron chi connectivity index (χ3n) is 4.36. The van der Waals surface area contributed by atoms with Crippen LogP contribution in [-0.2, 0) is 4.79 Å². The van der Waals surface area contributed by atoms with E-state index in [1.54, 1.807) is 41.7 Å². The highest BCUT2D eigenvalue weighted by Crippen LogP contribution is 2.19. The summed E-state index contributed by atoms with van der Waals surface area (Å²) in [5.74, 6) is 0.458. The molecule has 0 spiro atoms. The van der Waals surface area contributed by atoms with Crippen LogP contribution in [0.2, 0.25) is 0 Å². The Hall–Kier alpha value is -2.85. The minimum Gasteiger partial charge on any atom is -0.497 e. The second-order valence-corrected chi connectivity index (χ2v) is 7.21. The number of aliphatic hydroxyl groups is 1. The zero-order valence-electron chi connectivity index (χ0n) is 15.3. The van der Waals surface area contributed by atoms with Gasteiger partial charge in [-0.05, 0) is 18.6 Å². The normalized spacial score (nSPS) is 19.1. The van der Waals surface area contributed by atoms with Crippen LogP contribution < -0.4 is 20.5 Å². The zero-order valence-corrected chi connectivity index (χ0v) is 16.1. The summed E-state index contributed by atoms with van der Waals surface area (Å²) in [6.45, 7) is 0.347. The topological polar surface area (TPSA) is 127 Å². The van der Waals surface area contributed by atoms with Crippen molar-refractivity contribution in [3.05, 3.63) is 35.3 Å². The molecule has 0 saturated carbocycles. The monoisotopic (exact) mass is 406 g/mol. The van der Waals surface area contributed by atoms with Gasteiger partial charge in [0.05, 0.1) is 19.3 Å². The van der Waals surface area contributed by atoms with E-state index in [9.17, 15) is 14.7 Å². The number of nitrogens with one attached hydrogen (secondary N) is 1. The molecule has 1 aliphatic heterocycles. The molecule has 1 aromatic carbocycles. The third-order valence-corrected chi connectivity index (χ3v) is 5.04. The van der Waals surface area contributed by atoms with Gasteiger partial charge in [-0.25, -0.2) is 4.98 Å². The average molecular weight is 406 g/mol.